The first-order valence-corrected chi connectivity index (χ1v) is 22.0. The molecule has 0 aliphatic carbocycles. The molecule has 5 N–H and O–H groups in total. The van der Waals surface area contributed by atoms with E-state index in [-0.39, 0.29) is 47.6 Å². The van der Waals surface area contributed by atoms with E-state index in [1.165, 1.54) is 6.07 Å². The number of fused-ring (bicyclic) bond motifs is 2. The van der Waals surface area contributed by atoms with Crippen LogP contribution < -0.4 is 30.9 Å². The van der Waals surface area contributed by atoms with E-state index in [2.05, 4.69) is 26.0 Å². The van der Waals surface area contributed by atoms with Crippen molar-refractivity contribution in [3.63, 3.8) is 0 Å². The molecule has 17 heteroatoms. The molecule has 4 rings (SSSR count). The van der Waals surface area contributed by atoms with E-state index in [1.807, 2.05) is 42.9 Å². The molecule has 266 valence electrons. The highest BCUT2D eigenvalue weighted by Gasteiger charge is 2.42. The van der Waals surface area contributed by atoms with Gasteiger partial charge in [-0.15, -0.1) is 0 Å². The third-order valence-corrected chi connectivity index (χ3v) is 13.9. The van der Waals surface area contributed by atoms with E-state index < -0.39 is 30.8 Å². The van der Waals surface area contributed by atoms with Gasteiger partial charge in [0, 0.05) is 73.1 Å². The van der Waals surface area contributed by atoms with Gasteiger partial charge in [-0.1, -0.05) is 30.7 Å². The summed E-state index contributed by atoms with van der Waals surface area (Å²) in [6, 6.07) is 9.56. The fourth-order valence-electron chi connectivity index (χ4n) is 5.94. The van der Waals surface area contributed by atoms with Gasteiger partial charge in [0.05, 0.1) is 17.0 Å². The van der Waals surface area contributed by atoms with Crippen LogP contribution in [0.15, 0.2) is 41.3 Å². The Bertz CT molecular complexity index is 1670. The van der Waals surface area contributed by atoms with Crippen LogP contribution in [0.5, 0.6) is 0 Å². The number of nitrogens with one attached hydrogen (secondary N) is 5. The van der Waals surface area contributed by atoms with Crippen molar-refractivity contribution in [2.24, 2.45) is 0 Å². The fourth-order valence-corrected chi connectivity index (χ4v) is 10.6. The monoisotopic (exact) mass is 742 g/mol. The zero-order chi connectivity index (χ0) is 34.9. The molecule has 48 heavy (non-hydrogen) atoms. The molecule has 0 spiro atoms. The number of carbonyl (C=O) groups is 3. The Balaban J connectivity index is 1.28. The van der Waals surface area contributed by atoms with Gasteiger partial charge >= 0.3 is 6.03 Å². The number of carbonyl (C=O) groups excluding carboxylic acids is 3. The average Bonchev–Trinajstić information content (AvgIpc) is 3.58. The molecule has 2 aliphatic heterocycles. The number of thioether (sulfide) groups is 1. The van der Waals surface area contributed by atoms with Crippen LogP contribution in [0.2, 0.25) is 0 Å². The quantitative estimate of drug-likeness (QED) is 0.0815. The number of urea groups is 1. The van der Waals surface area contributed by atoms with Crippen molar-refractivity contribution in [1.82, 2.24) is 26.0 Å². The molecule has 2 aromatic carbocycles. The van der Waals surface area contributed by atoms with Crippen molar-refractivity contribution >= 4 is 75.8 Å². The van der Waals surface area contributed by atoms with Gasteiger partial charge in [0.2, 0.25) is 21.8 Å². The van der Waals surface area contributed by atoms with Gasteiger partial charge in [0.25, 0.3) is 0 Å². The molecular formula is C31H46N6O7S4. The maximum absolute atomic E-state index is 13.7. The maximum atomic E-state index is 13.7. The van der Waals surface area contributed by atoms with Crippen molar-refractivity contribution in [1.29, 1.82) is 0 Å². The largest absolute Gasteiger partial charge is 0.377 e. The minimum absolute atomic E-state index is 0.0531. The summed E-state index contributed by atoms with van der Waals surface area (Å²) in [5, 5.41) is 13.1. The van der Waals surface area contributed by atoms with Gasteiger partial charge in [-0.2, -0.15) is 16.5 Å². The number of sulfonamides is 1. The van der Waals surface area contributed by atoms with Gasteiger partial charge < -0.3 is 26.2 Å². The molecular weight excluding hydrogens is 697 g/mol. The predicted octanol–water partition coefficient (Wildman–Crippen LogP) is 2.37. The van der Waals surface area contributed by atoms with Gasteiger partial charge in [-0.05, 0) is 55.0 Å². The first-order valence-electron chi connectivity index (χ1n) is 16.0. The van der Waals surface area contributed by atoms with Crippen molar-refractivity contribution in [2.45, 2.75) is 73.2 Å². The van der Waals surface area contributed by atoms with Crippen LogP contribution in [-0.4, -0.2) is 103 Å². The lowest BCUT2D eigenvalue weighted by Gasteiger charge is -2.20. The van der Waals surface area contributed by atoms with Crippen LogP contribution in [-0.2, 0) is 28.5 Å². The van der Waals surface area contributed by atoms with E-state index in [0.717, 1.165) is 42.3 Å². The summed E-state index contributed by atoms with van der Waals surface area (Å²) >= 11 is 1.85. The maximum Gasteiger partial charge on any atom is 0.315 e. The van der Waals surface area contributed by atoms with Crippen LogP contribution >= 0.6 is 22.6 Å². The van der Waals surface area contributed by atoms with E-state index >= 15 is 0 Å². The summed E-state index contributed by atoms with van der Waals surface area (Å²) in [6.07, 6.45) is 5.22. The number of rotatable bonds is 19. The highest BCUT2D eigenvalue weighted by atomic mass is 33.1. The summed E-state index contributed by atoms with van der Waals surface area (Å²) in [5.41, 5.74) is 0.854. The minimum Gasteiger partial charge on any atom is -0.377 e. The summed E-state index contributed by atoms with van der Waals surface area (Å²) in [7, 11) is -2.97. The minimum atomic E-state index is -4.14. The van der Waals surface area contributed by atoms with Crippen molar-refractivity contribution in [2.75, 3.05) is 49.8 Å². The smallest absolute Gasteiger partial charge is 0.315 e. The number of hydrogen-bond donors (Lipinski definition) is 5. The zero-order valence-corrected chi connectivity index (χ0v) is 30.8. The van der Waals surface area contributed by atoms with Crippen molar-refractivity contribution in [3.8, 4) is 0 Å². The number of benzene rings is 2. The highest BCUT2D eigenvalue weighted by Crippen LogP contribution is 2.33. The number of amides is 4. The third kappa shape index (κ3) is 10.9. The molecule has 2 fully saturated rings. The number of hydrogen-bond acceptors (Lipinski definition) is 10. The van der Waals surface area contributed by atoms with Crippen LogP contribution in [0, 0.1) is 0 Å². The Labute approximate surface area is 291 Å². The predicted molar refractivity (Wildman–Crippen MR) is 194 cm³/mol. The van der Waals surface area contributed by atoms with Gasteiger partial charge in [0.1, 0.15) is 6.04 Å². The fraction of sp³-hybridized carbons (Fsp3) is 0.581. The Morgan fingerprint density at radius 1 is 0.979 bits per heavy atom. The first-order chi connectivity index (χ1) is 22.7. The number of anilines is 1. The lowest BCUT2D eigenvalue weighted by atomic mass is 10.0. The Morgan fingerprint density at radius 3 is 2.48 bits per heavy atom. The Morgan fingerprint density at radius 2 is 1.73 bits per heavy atom. The number of unbranched alkanes of at least 4 members (excludes halogenated alkanes) is 2. The van der Waals surface area contributed by atoms with Gasteiger partial charge in [0.15, 0.2) is 8.87 Å². The molecule has 2 aromatic rings. The second-order valence-electron chi connectivity index (χ2n) is 12.2. The van der Waals surface area contributed by atoms with E-state index in [9.17, 15) is 31.2 Å². The van der Waals surface area contributed by atoms with Crippen LogP contribution in [0.4, 0.5) is 10.5 Å². The Hall–Kier alpha value is -2.73. The molecule has 2 aliphatic rings. The third-order valence-electron chi connectivity index (χ3n) is 8.27. The standard InChI is InChI=1S/C31H46N6O7S4/c1-37(2)25-13-8-11-22-21(25)10-9-15-27(22)48(43,44)36-23(30(39)33-18-19-46-47(3,41)42)12-6-7-17-32-28(38)16-5-4-14-26-29-24(20-45-26)34-31(40)35-29/h8-11,13,15,23-24,26,29,36H,4-7,12,14,16-20H2,1-3H3,(H,32,38)(H,33,39)(H2,34,35,40)/t23-,24+,26-,29-/m0/s1. The lowest BCUT2D eigenvalue weighted by molar-refractivity contribution is -0.123. The molecule has 2 heterocycles. The van der Waals surface area contributed by atoms with E-state index in [1.54, 1.807) is 18.2 Å². The van der Waals surface area contributed by atoms with E-state index in [4.69, 9.17) is 0 Å². The zero-order valence-electron chi connectivity index (χ0n) is 27.5. The van der Waals surface area contributed by atoms with Crippen LogP contribution in [0.25, 0.3) is 10.8 Å². The molecule has 4 atom stereocenters. The van der Waals surface area contributed by atoms with Crippen molar-refractivity contribution in [3.05, 3.63) is 36.4 Å². The molecule has 4 amide bonds. The molecule has 0 bridgehead atoms. The lowest BCUT2D eigenvalue weighted by Crippen LogP contribution is -2.47. The van der Waals surface area contributed by atoms with Crippen molar-refractivity contribution < 1.29 is 31.2 Å². The Kier molecular flexibility index (Phi) is 13.7. The number of nitrogens with zero attached hydrogens (tertiary/aromatic N) is 1. The molecule has 13 nitrogen and oxygen atoms in total. The summed E-state index contributed by atoms with van der Waals surface area (Å²) in [6.45, 7) is 0.443. The topological polar surface area (TPSA) is 183 Å². The van der Waals surface area contributed by atoms with Crippen LogP contribution in [0.1, 0.15) is 44.9 Å². The highest BCUT2D eigenvalue weighted by molar-refractivity contribution is 8.71. The second kappa shape index (κ2) is 17.3. The van der Waals surface area contributed by atoms with Crippen LogP contribution in [0.3, 0.4) is 0 Å². The molecule has 0 aromatic heterocycles. The molecule has 0 unspecified atom stereocenters. The first kappa shape index (κ1) is 38.1. The normalized spacial score (nSPS) is 19.7. The summed E-state index contributed by atoms with van der Waals surface area (Å²) in [5.74, 6) is 0.419. The molecule has 0 radical (unpaired) electrons. The molecule has 0 saturated carbocycles. The summed E-state index contributed by atoms with van der Waals surface area (Å²) < 4.78 is 52.9. The van der Waals surface area contributed by atoms with E-state index in [0.29, 0.717) is 47.2 Å². The SMILES string of the molecule is CN(C)c1cccc2c(S(=O)(=O)N[C@@H](CCCCNC(=O)CCCC[C@@H]3SC[C@H]4NC(=O)N[C@H]34)C(=O)NCCSS(C)(=O)=O)cccc12. The summed E-state index contributed by atoms with van der Waals surface area (Å²) in [4.78, 5) is 39.1. The van der Waals surface area contributed by atoms with Gasteiger partial charge in [-0.25, -0.2) is 21.6 Å². The second-order valence-corrected chi connectivity index (χ2v) is 19.8. The van der Waals surface area contributed by atoms with Gasteiger partial charge in [-0.3, -0.25) is 9.59 Å². The molecule has 2 saturated heterocycles. The average molecular weight is 743 g/mol.